The van der Waals surface area contributed by atoms with Gasteiger partial charge in [-0.15, -0.1) is 0 Å². The standard InChI is InChI=1S/C23H33N7/c1-23(2,3)28-17-9-11-30(15-17)22-8-6-19-20(27-22)5-7-21(26-19)29-12-10-18(25-4)16(13-24)14-29/h5-8,13,17,24-25,28H,9-12,14-15H2,1-4H3. The lowest BCUT2D eigenvalue weighted by Gasteiger charge is -2.30. The monoisotopic (exact) mass is 407 g/mol. The number of nitrogens with one attached hydrogen (secondary N) is 3. The van der Waals surface area contributed by atoms with Crippen LogP contribution in [0.15, 0.2) is 35.5 Å². The third-order valence-corrected chi connectivity index (χ3v) is 5.84. The molecular formula is C23H33N7. The van der Waals surface area contributed by atoms with E-state index in [9.17, 15) is 0 Å². The maximum Gasteiger partial charge on any atom is 0.129 e. The van der Waals surface area contributed by atoms with Gasteiger partial charge >= 0.3 is 0 Å². The summed E-state index contributed by atoms with van der Waals surface area (Å²) in [6.07, 6.45) is 3.49. The number of hydrogen-bond acceptors (Lipinski definition) is 7. The number of pyridine rings is 2. The van der Waals surface area contributed by atoms with Crippen molar-refractivity contribution in [1.82, 2.24) is 20.6 Å². The van der Waals surface area contributed by atoms with E-state index in [1.807, 2.05) is 7.05 Å². The van der Waals surface area contributed by atoms with Gasteiger partial charge in [-0.3, -0.25) is 0 Å². The van der Waals surface area contributed by atoms with E-state index in [4.69, 9.17) is 15.4 Å². The number of rotatable bonds is 5. The summed E-state index contributed by atoms with van der Waals surface area (Å²) in [4.78, 5) is 14.4. The highest BCUT2D eigenvalue weighted by Gasteiger charge is 2.26. The minimum atomic E-state index is 0.132. The van der Waals surface area contributed by atoms with Crippen molar-refractivity contribution >= 4 is 28.9 Å². The minimum Gasteiger partial charge on any atom is -0.391 e. The van der Waals surface area contributed by atoms with Gasteiger partial charge in [-0.25, -0.2) is 9.97 Å². The molecule has 4 rings (SSSR count). The van der Waals surface area contributed by atoms with Crippen LogP contribution in [0.25, 0.3) is 11.0 Å². The van der Waals surface area contributed by atoms with Crippen LogP contribution in [0.5, 0.6) is 0 Å². The molecule has 2 aliphatic heterocycles. The Hall–Kier alpha value is -2.67. The van der Waals surface area contributed by atoms with Gasteiger partial charge in [-0.1, -0.05) is 0 Å². The van der Waals surface area contributed by atoms with Crippen molar-refractivity contribution in [1.29, 1.82) is 5.41 Å². The maximum atomic E-state index is 7.69. The number of nitrogens with zero attached hydrogens (tertiary/aromatic N) is 4. The van der Waals surface area contributed by atoms with Crippen LogP contribution in [-0.2, 0) is 0 Å². The van der Waals surface area contributed by atoms with Crippen molar-refractivity contribution in [2.75, 3.05) is 43.0 Å². The van der Waals surface area contributed by atoms with E-state index in [-0.39, 0.29) is 5.54 Å². The van der Waals surface area contributed by atoms with Gasteiger partial charge in [-0.2, -0.15) is 0 Å². The molecule has 1 fully saturated rings. The second kappa shape index (κ2) is 8.22. The van der Waals surface area contributed by atoms with Crippen LogP contribution in [-0.4, -0.2) is 61.0 Å². The Bertz CT molecular complexity index is 960. The van der Waals surface area contributed by atoms with Crippen molar-refractivity contribution in [2.45, 2.75) is 45.2 Å². The summed E-state index contributed by atoms with van der Waals surface area (Å²) in [6, 6.07) is 8.81. The molecule has 30 heavy (non-hydrogen) atoms. The first-order valence-electron chi connectivity index (χ1n) is 10.8. The molecule has 1 saturated heterocycles. The Morgan fingerprint density at radius 3 is 2.30 bits per heavy atom. The molecule has 4 heterocycles. The van der Waals surface area contributed by atoms with Crippen LogP contribution in [0.4, 0.5) is 11.6 Å². The van der Waals surface area contributed by atoms with Crippen molar-refractivity contribution in [3.63, 3.8) is 0 Å². The van der Waals surface area contributed by atoms with Gasteiger partial charge in [0.25, 0.3) is 0 Å². The van der Waals surface area contributed by atoms with Gasteiger partial charge < -0.3 is 25.8 Å². The van der Waals surface area contributed by atoms with Crippen molar-refractivity contribution in [2.24, 2.45) is 0 Å². The summed E-state index contributed by atoms with van der Waals surface area (Å²) in [5.74, 6) is 1.98. The number of fused-ring (bicyclic) bond motifs is 1. The Morgan fingerprint density at radius 1 is 1.03 bits per heavy atom. The zero-order valence-electron chi connectivity index (χ0n) is 18.5. The fourth-order valence-electron chi connectivity index (χ4n) is 4.44. The van der Waals surface area contributed by atoms with E-state index < -0.39 is 0 Å². The lowest BCUT2D eigenvalue weighted by atomic mass is 10.1. The molecule has 7 heteroatoms. The third kappa shape index (κ3) is 4.41. The van der Waals surface area contributed by atoms with Gasteiger partial charge in [0.1, 0.15) is 11.6 Å². The molecule has 3 N–H and O–H groups in total. The molecule has 0 saturated carbocycles. The molecule has 7 nitrogen and oxygen atoms in total. The number of hydrogen-bond donors (Lipinski definition) is 3. The molecule has 2 aromatic heterocycles. The van der Waals surface area contributed by atoms with Gasteiger partial charge in [0.2, 0.25) is 0 Å². The molecule has 0 aromatic carbocycles. The average molecular weight is 408 g/mol. The SMILES string of the molecule is CNC1=C(C=N)CN(c2ccc3nc(N4CCC(NC(C)(C)C)C4)ccc3n2)CC1. The first kappa shape index (κ1) is 20.6. The molecule has 0 bridgehead atoms. The summed E-state index contributed by atoms with van der Waals surface area (Å²) < 4.78 is 0. The van der Waals surface area contributed by atoms with Crippen LogP contribution in [0.3, 0.4) is 0 Å². The van der Waals surface area contributed by atoms with E-state index in [2.05, 4.69) is 65.5 Å². The van der Waals surface area contributed by atoms with Gasteiger partial charge in [0.15, 0.2) is 0 Å². The summed E-state index contributed by atoms with van der Waals surface area (Å²) in [7, 11) is 1.92. The van der Waals surface area contributed by atoms with Gasteiger partial charge in [0.05, 0.1) is 11.0 Å². The Morgan fingerprint density at radius 2 is 1.70 bits per heavy atom. The van der Waals surface area contributed by atoms with E-state index in [0.29, 0.717) is 12.6 Å². The lowest BCUT2D eigenvalue weighted by molar-refractivity contribution is 0.373. The molecule has 0 radical (unpaired) electrons. The second-order valence-electron chi connectivity index (χ2n) is 9.27. The van der Waals surface area contributed by atoms with Crippen molar-refractivity contribution < 1.29 is 0 Å². The van der Waals surface area contributed by atoms with Crippen LogP contribution < -0.4 is 20.4 Å². The molecular weight excluding hydrogens is 374 g/mol. The normalized spacial score (nSPS) is 20.2. The lowest BCUT2D eigenvalue weighted by Crippen LogP contribution is -2.44. The summed E-state index contributed by atoms with van der Waals surface area (Å²) in [5, 5.41) is 14.6. The number of anilines is 2. The highest BCUT2D eigenvalue weighted by Crippen LogP contribution is 2.25. The maximum absolute atomic E-state index is 7.69. The topological polar surface area (TPSA) is 80.2 Å². The van der Waals surface area contributed by atoms with Crippen molar-refractivity contribution in [3.05, 3.63) is 35.5 Å². The summed E-state index contributed by atoms with van der Waals surface area (Å²) >= 11 is 0. The molecule has 2 aromatic rings. The molecule has 0 spiro atoms. The Kier molecular flexibility index (Phi) is 5.64. The zero-order chi connectivity index (χ0) is 21.3. The minimum absolute atomic E-state index is 0.132. The smallest absolute Gasteiger partial charge is 0.129 e. The summed E-state index contributed by atoms with van der Waals surface area (Å²) in [5.41, 5.74) is 4.15. The highest BCUT2D eigenvalue weighted by molar-refractivity contribution is 5.81. The molecule has 1 unspecified atom stereocenters. The zero-order valence-corrected chi connectivity index (χ0v) is 18.5. The van der Waals surface area contributed by atoms with Crippen LogP contribution >= 0.6 is 0 Å². The fourth-order valence-corrected chi connectivity index (χ4v) is 4.44. The number of aromatic nitrogens is 2. The predicted octanol–water partition coefficient (Wildman–Crippen LogP) is 2.93. The quantitative estimate of drug-likeness (QED) is 0.662. The summed E-state index contributed by atoms with van der Waals surface area (Å²) in [6.45, 7) is 10.3. The first-order chi connectivity index (χ1) is 14.4. The van der Waals surface area contributed by atoms with E-state index >= 15 is 0 Å². The Labute approximate surface area is 179 Å². The van der Waals surface area contributed by atoms with Crippen molar-refractivity contribution in [3.8, 4) is 0 Å². The van der Waals surface area contributed by atoms with Crippen LogP contribution in [0.2, 0.25) is 0 Å². The predicted molar refractivity (Wildman–Crippen MR) is 125 cm³/mol. The largest absolute Gasteiger partial charge is 0.391 e. The van der Waals surface area contributed by atoms with E-state index in [0.717, 1.165) is 66.4 Å². The Balaban J connectivity index is 1.50. The van der Waals surface area contributed by atoms with Crippen LogP contribution in [0, 0.1) is 5.41 Å². The van der Waals surface area contributed by atoms with E-state index in [1.54, 1.807) is 0 Å². The average Bonchev–Trinajstić information content (AvgIpc) is 3.19. The fraction of sp³-hybridized carbons (Fsp3) is 0.522. The second-order valence-corrected chi connectivity index (χ2v) is 9.27. The molecule has 160 valence electrons. The molecule has 0 amide bonds. The highest BCUT2D eigenvalue weighted by atomic mass is 15.2. The third-order valence-electron chi connectivity index (χ3n) is 5.84. The first-order valence-corrected chi connectivity index (χ1v) is 10.8. The van der Waals surface area contributed by atoms with Gasteiger partial charge in [0, 0.05) is 68.7 Å². The molecule has 1 atom stereocenters. The molecule has 0 aliphatic carbocycles. The van der Waals surface area contributed by atoms with E-state index in [1.165, 1.54) is 6.21 Å². The van der Waals surface area contributed by atoms with Crippen LogP contribution in [0.1, 0.15) is 33.6 Å². The van der Waals surface area contributed by atoms with Gasteiger partial charge in [-0.05, 0) is 51.5 Å². The molecule has 2 aliphatic rings.